The van der Waals surface area contributed by atoms with Gasteiger partial charge in [0.2, 0.25) is 0 Å². The summed E-state index contributed by atoms with van der Waals surface area (Å²) in [6.45, 7) is 1.95. The lowest BCUT2D eigenvalue weighted by Gasteiger charge is -1.98. The number of pyridine rings is 1. The van der Waals surface area contributed by atoms with Crippen molar-refractivity contribution in [1.82, 2.24) is 9.97 Å². The monoisotopic (exact) mass is 225 g/mol. The molecule has 0 aromatic carbocycles. The van der Waals surface area contributed by atoms with E-state index in [1.165, 1.54) is 0 Å². The third-order valence-electron chi connectivity index (χ3n) is 1.68. The van der Waals surface area contributed by atoms with Gasteiger partial charge >= 0.3 is 0 Å². The standard InChI is InChI=1S/C9H8ClN3S/c1-5-12-4-8(14-5)7-2-6(10)3-9(11)13-7/h2-4H,1H3,(H2,11,13). The first-order valence-corrected chi connectivity index (χ1v) is 5.20. The molecule has 0 saturated heterocycles. The lowest BCUT2D eigenvalue weighted by atomic mass is 10.3. The molecule has 5 heteroatoms. The number of hydrogen-bond donors (Lipinski definition) is 1. The average Bonchev–Trinajstić information content (AvgIpc) is 2.50. The number of halogens is 1. The molecule has 0 atom stereocenters. The maximum atomic E-state index is 5.87. The quantitative estimate of drug-likeness (QED) is 0.812. The van der Waals surface area contributed by atoms with Crippen molar-refractivity contribution >= 4 is 28.8 Å². The Morgan fingerprint density at radius 3 is 2.79 bits per heavy atom. The van der Waals surface area contributed by atoms with Gasteiger partial charge in [-0.05, 0) is 19.1 Å². The Hall–Kier alpha value is -1.13. The molecule has 0 spiro atoms. The second-order valence-electron chi connectivity index (χ2n) is 2.84. The minimum atomic E-state index is 0.429. The molecule has 2 aromatic rings. The summed E-state index contributed by atoms with van der Waals surface area (Å²) in [7, 11) is 0. The van der Waals surface area contributed by atoms with Crippen molar-refractivity contribution < 1.29 is 0 Å². The zero-order valence-corrected chi connectivity index (χ0v) is 9.06. The Kier molecular flexibility index (Phi) is 2.39. The lowest BCUT2D eigenvalue weighted by Crippen LogP contribution is -1.90. The predicted octanol–water partition coefficient (Wildman–Crippen LogP) is 2.75. The molecule has 0 radical (unpaired) electrons. The minimum Gasteiger partial charge on any atom is -0.384 e. The molecule has 0 aliphatic rings. The molecule has 0 aliphatic carbocycles. The molecule has 0 saturated carbocycles. The van der Waals surface area contributed by atoms with Gasteiger partial charge in [0, 0.05) is 11.2 Å². The van der Waals surface area contributed by atoms with Gasteiger partial charge in [0.25, 0.3) is 0 Å². The van der Waals surface area contributed by atoms with E-state index < -0.39 is 0 Å². The molecule has 0 fully saturated rings. The van der Waals surface area contributed by atoms with Crippen molar-refractivity contribution in [3.8, 4) is 10.6 Å². The summed E-state index contributed by atoms with van der Waals surface area (Å²) >= 11 is 7.44. The zero-order chi connectivity index (χ0) is 10.1. The number of nitrogens with two attached hydrogens (primary N) is 1. The summed E-state index contributed by atoms with van der Waals surface area (Å²) in [5, 5.41) is 1.60. The highest BCUT2D eigenvalue weighted by molar-refractivity contribution is 7.15. The Bertz CT molecular complexity index is 447. The molecule has 0 amide bonds. The van der Waals surface area contributed by atoms with Crippen LogP contribution < -0.4 is 5.73 Å². The van der Waals surface area contributed by atoms with Crippen LogP contribution in [0.5, 0.6) is 0 Å². The zero-order valence-electron chi connectivity index (χ0n) is 7.49. The largest absolute Gasteiger partial charge is 0.384 e. The van der Waals surface area contributed by atoms with Gasteiger partial charge in [-0.3, -0.25) is 0 Å². The van der Waals surface area contributed by atoms with Gasteiger partial charge < -0.3 is 5.73 Å². The molecule has 72 valence electrons. The van der Waals surface area contributed by atoms with Crippen LogP contribution in [0, 0.1) is 6.92 Å². The van der Waals surface area contributed by atoms with Crippen LogP contribution in [0.2, 0.25) is 5.02 Å². The van der Waals surface area contributed by atoms with Crippen molar-refractivity contribution in [2.45, 2.75) is 6.92 Å². The third-order valence-corrected chi connectivity index (χ3v) is 2.84. The van der Waals surface area contributed by atoms with Crippen LogP contribution in [0.4, 0.5) is 5.82 Å². The van der Waals surface area contributed by atoms with E-state index in [4.69, 9.17) is 17.3 Å². The van der Waals surface area contributed by atoms with E-state index in [1.807, 2.05) is 6.92 Å². The molecular formula is C9H8ClN3S. The van der Waals surface area contributed by atoms with Gasteiger partial charge in [-0.1, -0.05) is 11.6 Å². The van der Waals surface area contributed by atoms with Crippen molar-refractivity contribution in [2.75, 3.05) is 5.73 Å². The number of aromatic nitrogens is 2. The van der Waals surface area contributed by atoms with Crippen LogP contribution in [0.15, 0.2) is 18.3 Å². The van der Waals surface area contributed by atoms with E-state index >= 15 is 0 Å². The van der Waals surface area contributed by atoms with Gasteiger partial charge in [-0.2, -0.15) is 0 Å². The first-order chi connectivity index (χ1) is 6.65. The molecular weight excluding hydrogens is 218 g/mol. The van der Waals surface area contributed by atoms with E-state index in [0.29, 0.717) is 10.8 Å². The number of aryl methyl sites for hydroxylation is 1. The van der Waals surface area contributed by atoms with Crippen LogP contribution in [0.1, 0.15) is 5.01 Å². The maximum Gasteiger partial charge on any atom is 0.125 e. The van der Waals surface area contributed by atoms with Crippen LogP contribution in [-0.4, -0.2) is 9.97 Å². The summed E-state index contributed by atoms with van der Waals surface area (Å²) in [5.41, 5.74) is 6.37. The molecule has 0 bridgehead atoms. The molecule has 14 heavy (non-hydrogen) atoms. The van der Waals surface area contributed by atoms with Crippen molar-refractivity contribution in [1.29, 1.82) is 0 Å². The smallest absolute Gasteiger partial charge is 0.125 e. The summed E-state index contributed by atoms with van der Waals surface area (Å²) in [4.78, 5) is 9.31. The number of thiazole rings is 1. The van der Waals surface area contributed by atoms with Crippen LogP contribution in [0.25, 0.3) is 10.6 Å². The highest BCUT2D eigenvalue weighted by Crippen LogP contribution is 2.27. The van der Waals surface area contributed by atoms with Crippen molar-refractivity contribution in [3.63, 3.8) is 0 Å². The topological polar surface area (TPSA) is 51.8 Å². The highest BCUT2D eigenvalue weighted by atomic mass is 35.5. The molecule has 3 nitrogen and oxygen atoms in total. The highest BCUT2D eigenvalue weighted by Gasteiger charge is 2.05. The van der Waals surface area contributed by atoms with Gasteiger partial charge in [0.05, 0.1) is 15.6 Å². The van der Waals surface area contributed by atoms with E-state index in [2.05, 4.69) is 9.97 Å². The Morgan fingerprint density at radius 2 is 2.21 bits per heavy atom. The number of anilines is 1. The Balaban J connectivity index is 2.51. The molecule has 2 aromatic heterocycles. The van der Waals surface area contributed by atoms with Gasteiger partial charge in [0.1, 0.15) is 5.82 Å². The van der Waals surface area contributed by atoms with E-state index in [0.717, 1.165) is 15.6 Å². The summed E-state index contributed by atoms with van der Waals surface area (Å²) in [6, 6.07) is 3.41. The normalized spacial score (nSPS) is 10.4. The fourth-order valence-corrected chi connectivity index (χ4v) is 2.08. The fraction of sp³-hybridized carbons (Fsp3) is 0.111. The lowest BCUT2D eigenvalue weighted by molar-refractivity contribution is 1.29. The van der Waals surface area contributed by atoms with Gasteiger partial charge in [-0.15, -0.1) is 11.3 Å². The number of hydrogen-bond acceptors (Lipinski definition) is 4. The van der Waals surface area contributed by atoms with Crippen LogP contribution in [-0.2, 0) is 0 Å². The number of nitrogen functional groups attached to an aromatic ring is 1. The van der Waals surface area contributed by atoms with E-state index in [9.17, 15) is 0 Å². The first kappa shape index (κ1) is 9.43. The summed E-state index contributed by atoms with van der Waals surface area (Å²) < 4.78 is 0. The molecule has 0 aliphatic heterocycles. The van der Waals surface area contributed by atoms with E-state index in [-0.39, 0.29) is 0 Å². The third kappa shape index (κ3) is 1.86. The summed E-state index contributed by atoms with van der Waals surface area (Å²) in [6.07, 6.45) is 1.78. The Morgan fingerprint density at radius 1 is 1.43 bits per heavy atom. The number of rotatable bonds is 1. The number of nitrogens with zero attached hydrogens (tertiary/aromatic N) is 2. The van der Waals surface area contributed by atoms with Crippen molar-refractivity contribution in [3.05, 3.63) is 28.4 Å². The fourth-order valence-electron chi connectivity index (χ4n) is 1.12. The Labute approximate surface area is 90.6 Å². The second kappa shape index (κ2) is 3.55. The molecule has 2 heterocycles. The van der Waals surface area contributed by atoms with Crippen LogP contribution >= 0.6 is 22.9 Å². The van der Waals surface area contributed by atoms with Gasteiger partial charge in [-0.25, -0.2) is 9.97 Å². The van der Waals surface area contributed by atoms with Crippen LogP contribution in [0.3, 0.4) is 0 Å². The average molecular weight is 226 g/mol. The maximum absolute atomic E-state index is 5.87. The second-order valence-corrected chi connectivity index (χ2v) is 4.51. The van der Waals surface area contributed by atoms with Gasteiger partial charge in [0.15, 0.2) is 0 Å². The first-order valence-electron chi connectivity index (χ1n) is 4.01. The summed E-state index contributed by atoms with van der Waals surface area (Å²) in [5.74, 6) is 0.429. The predicted molar refractivity (Wildman–Crippen MR) is 59.5 cm³/mol. The SMILES string of the molecule is Cc1ncc(-c2cc(Cl)cc(N)n2)s1. The molecule has 2 rings (SSSR count). The molecule has 0 unspecified atom stereocenters. The molecule has 2 N–H and O–H groups in total. The minimum absolute atomic E-state index is 0.429. The van der Waals surface area contributed by atoms with E-state index in [1.54, 1.807) is 29.7 Å². The van der Waals surface area contributed by atoms with Crippen molar-refractivity contribution in [2.24, 2.45) is 0 Å².